The van der Waals surface area contributed by atoms with Crippen LogP contribution in [0.15, 0.2) is 98.1 Å². The Bertz CT molecular complexity index is 6700. The smallest absolute Gasteiger partial charge is 0.412 e. The number of aromatic carboxylic acids is 1. The van der Waals surface area contributed by atoms with Gasteiger partial charge in [0.05, 0.1) is 106 Å². The molecule has 12 heterocycles. The van der Waals surface area contributed by atoms with E-state index in [1.807, 2.05) is 105 Å². The van der Waals surface area contributed by atoms with Gasteiger partial charge in [0.1, 0.15) is 129 Å². The number of methoxy groups -OCH3 is 4. The highest BCUT2D eigenvalue weighted by Crippen LogP contribution is 2.47. The second-order valence-electron chi connectivity index (χ2n) is 30.9. The van der Waals surface area contributed by atoms with Gasteiger partial charge >= 0.3 is 12.1 Å². The van der Waals surface area contributed by atoms with Crippen LogP contribution in [0.1, 0.15) is 143 Å². The number of nitrogens with two attached hydrogens (primary N) is 2. The van der Waals surface area contributed by atoms with Gasteiger partial charge < -0.3 is 81.0 Å². The molecule has 4 aromatic carbocycles. The van der Waals surface area contributed by atoms with Gasteiger partial charge in [-0.3, -0.25) is 39.1 Å². The molecule has 39 heteroatoms. The molecule has 0 spiro atoms. The van der Waals surface area contributed by atoms with E-state index in [1.165, 1.54) is 91.3 Å². The highest BCUT2D eigenvalue weighted by atomic mass is 16.6. The number of ether oxygens (including phenoxy) is 5. The van der Waals surface area contributed by atoms with E-state index in [1.54, 1.807) is 50.5 Å². The van der Waals surface area contributed by atoms with Crippen molar-refractivity contribution in [1.29, 1.82) is 0 Å². The summed E-state index contributed by atoms with van der Waals surface area (Å²) in [6, 6.07) is 22.7. The number of hydrazine groups is 1. The zero-order chi connectivity index (χ0) is 85.0. The average molecular weight is 1640 g/mol. The summed E-state index contributed by atoms with van der Waals surface area (Å²) in [5.74, 6) is 13.6. The minimum Gasteiger partial charge on any atom is -0.496 e. The summed E-state index contributed by atoms with van der Waals surface area (Å²) in [5, 5.41) is 53.8. The number of carbonyl (C=O) groups is 4. The maximum atomic E-state index is 12.3. The van der Waals surface area contributed by atoms with E-state index in [0.29, 0.717) is 97.9 Å². The van der Waals surface area contributed by atoms with Crippen LogP contribution in [0.3, 0.4) is 0 Å². The van der Waals surface area contributed by atoms with Crippen molar-refractivity contribution >= 4 is 175 Å². The van der Waals surface area contributed by atoms with E-state index in [0.717, 1.165) is 117 Å². The van der Waals surface area contributed by atoms with Crippen molar-refractivity contribution in [2.45, 2.75) is 115 Å². The predicted molar refractivity (Wildman–Crippen MR) is 459 cm³/mol. The lowest BCUT2D eigenvalue weighted by molar-refractivity contribution is -0.119. The van der Waals surface area contributed by atoms with Crippen LogP contribution in [0, 0.1) is 0 Å². The number of fused-ring (bicyclic) bond motifs is 12. The number of aryl methyl sites for hydroxylation is 4. The molecule has 4 saturated carbocycles. The monoisotopic (exact) mass is 1640 g/mol. The molecule has 0 saturated heterocycles. The summed E-state index contributed by atoms with van der Waals surface area (Å²) in [5.41, 5.74) is 19.4. The molecular formula is C82H91N29O10. The quantitative estimate of drug-likeness (QED) is 0.0155. The van der Waals surface area contributed by atoms with Crippen LogP contribution in [-0.2, 0) is 42.5 Å². The van der Waals surface area contributed by atoms with Crippen LogP contribution in [0.25, 0.3) is 87.7 Å². The number of amides is 3. The first-order chi connectivity index (χ1) is 58.2. The molecule has 20 rings (SSSR count). The van der Waals surface area contributed by atoms with Crippen molar-refractivity contribution in [1.82, 2.24) is 104 Å². The molecule has 0 aliphatic heterocycles. The highest BCUT2D eigenvalue weighted by molar-refractivity contribution is 6.17. The SMILES string of the molecule is CC(=O)NN.COc1cc2c(cc1C(=O)O)[nH]c1ncnc(Nc3cc(C4CC4)nn3C)c12.COc1cc2c(cc1N)[nH]c1ncnc(Nc3cc(C4CC4)nn3C)c12.COc1cc2c(cc1NC(=O)OC(C)(C)C)[nH]c1ncnc(Nc3cc(C4CC4)nn3C)c12.COc1cc2c(cc1NC(C)=O)[nH]c1ncnc(Nc3cc(C4CC4)nn3C)c12. The van der Waals surface area contributed by atoms with Crippen molar-refractivity contribution in [3.63, 3.8) is 0 Å². The van der Waals surface area contributed by atoms with Gasteiger partial charge in [-0.15, -0.1) is 0 Å². The number of carboxylic acid groups (broad SMARTS) is 1. The Morgan fingerprint density at radius 2 is 0.719 bits per heavy atom. The van der Waals surface area contributed by atoms with Crippen molar-refractivity contribution < 1.29 is 48.0 Å². The summed E-state index contributed by atoms with van der Waals surface area (Å²) in [6.45, 7) is 8.25. The lowest BCUT2D eigenvalue weighted by Crippen LogP contribution is -2.27. The zero-order valence-electron chi connectivity index (χ0n) is 68.6. The van der Waals surface area contributed by atoms with Gasteiger partial charge in [-0.05, 0) is 121 Å². The maximum absolute atomic E-state index is 12.3. The summed E-state index contributed by atoms with van der Waals surface area (Å²) in [4.78, 5) is 93.2. The largest absolute Gasteiger partial charge is 0.496 e. The van der Waals surface area contributed by atoms with Crippen LogP contribution in [0.5, 0.6) is 23.0 Å². The number of carboxylic acids is 1. The molecule has 16 aromatic rings. The Morgan fingerprint density at radius 1 is 0.421 bits per heavy atom. The zero-order valence-corrected chi connectivity index (χ0v) is 68.6. The van der Waals surface area contributed by atoms with Crippen LogP contribution in [-0.4, -0.2) is 162 Å². The fraction of sp³-hybridized carbons (Fsp3) is 0.317. The number of hydrogen-bond acceptors (Lipinski definition) is 27. The van der Waals surface area contributed by atoms with Crippen molar-refractivity contribution in [2.24, 2.45) is 34.0 Å². The number of nitrogens with zero attached hydrogens (tertiary/aromatic N) is 16. The van der Waals surface area contributed by atoms with Gasteiger partial charge in [-0.2, -0.15) is 20.4 Å². The van der Waals surface area contributed by atoms with E-state index in [-0.39, 0.29) is 23.1 Å². The van der Waals surface area contributed by atoms with Crippen LogP contribution < -0.4 is 67.9 Å². The molecule has 0 atom stereocenters. The molecule has 4 fully saturated rings. The number of anilines is 11. The van der Waals surface area contributed by atoms with E-state index >= 15 is 0 Å². The summed E-state index contributed by atoms with van der Waals surface area (Å²) >= 11 is 0. The van der Waals surface area contributed by atoms with Crippen LogP contribution in [0.4, 0.5) is 68.4 Å². The van der Waals surface area contributed by atoms with Crippen molar-refractivity contribution in [2.75, 3.05) is 66.1 Å². The average Bonchev–Trinajstić information content (AvgIpc) is 1.62. The number of aromatic amines is 4. The predicted octanol–water partition coefficient (Wildman–Crippen LogP) is 13.5. The van der Waals surface area contributed by atoms with Gasteiger partial charge in [0.2, 0.25) is 11.8 Å². The highest BCUT2D eigenvalue weighted by Gasteiger charge is 2.32. The molecule has 0 radical (unpaired) electrons. The van der Waals surface area contributed by atoms with E-state index in [4.69, 9.17) is 29.4 Å². The number of H-pyrrole nitrogens is 4. The lowest BCUT2D eigenvalue weighted by Gasteiger charge is -2.20. The number of benzene rings is 4. The Morgan fingerprint density at radius 3 is 1.01 bits per heavy atom. The van der Waals surface area contributed by atoms with E-state index < -0.39 is 17.7 Å². The first-order valence-corrected chi connectivity index (χ1v) is 39.1. The van der Waals surface area contributed by atoms with Gasteiger partial charge in [0, 0.05) is 117 Å². The molecular weight excluding hydrogens is 1550 g/mol. The molecule has 4 aliphatic carbocycles. The van der Waals surface area contributed by atoms with Gasteiger partial charge in [-0.1, -0.05) is 0 Å². The van der Waals surface area contributed by atoms with Crippen molar-refractivity contribution in [3.8, 4) is 23.0 Å². The van der Waals surface area contributed by atoms with Crippen LogP contribution in [0.2, 0.25) is 0 Å². The van der Waals surface area contributed by atoms with Crippen molar-refractivity contribution in [3.05, 3.63) is 126 Å². The number of hydrogen-bond donors (Lipinski definition) is 14. The Labute approximate surface area is 689 Å². The standard InChI is InChI=1S/C23H27N7O3.C20H21N7O2.C19H18N6O3.C18H19N7O.C2H6N2O/c1-23(2,3)33-22(31)27-16-9-15-13(8-17(16)32-5)19-20(26-15)24-11-25-21(19)28-18-10-14(12-6-7-12)29-30(18)4;1-10(28)23-15-7-14-12(6-16(15)29-3)18-19(24-14)21-9-22-20(18)25-17-8-13(11-4-5-11)26-27(17)2;1-25-15(7-12(24-25)9-3-4-9)23-18-16-10-6-14(28-2)11(19(26)27)5-13(10)22-17(16)20-8-21-18;1-25-15(7-12(24-25)9-3-4-9)23-18-16-10-5-14(26-2)11(19)6-13(10)22-17(16)20-8-21-18;1-2(5)4-3/h8-12H,6-7H2,1-5H3,(H,27,31)(H2,24,25,26,28);6-9,11H,4-5H2,1-3H3,(H,23,28)(H2,21,22,24,25);5-9H,3-4H2,1-2H3,(H,26,27)(H2,20,21,22,23);5-9H,3-4,19H2,1-2H3,(H2,20,21,22,23);3H2,1H3,(H,4,5). The molecule has 4 aliphatic rings. The second kappa shape index (κ2) is 32.5. The Balaban J connectivity index is 0.000000118. The minimum absolute atomic E-state index is 0.0877. The number of carbonyl (C=O) groups excluding carboxylic acids is 3. The third kappa shape index (κ3) is 17.0. The number of nitrogens with one attached hydrogen (secondary N) is 11. The molecule has 121 heavy (non-hydrogen) atoms. The Kier molecular flexibility index (Phi) is 21.5. The third-order valence-corrected chi connectivity index (χ3v) is 20.8. The number of rotatable bonds is 19. The normalized spacial score (nSPS) is 13.7. The number of nitrogen functional groups attached to an aromatic ring is 1. The van der Waals surface area contributed by atoms with Crippen LogP contribution >= 0.6 is 0 Å². The number of aromatic nitrogens is 20. The molecule has 16 N–H and O–H groups in total. The lowest BCUT2D eigenvalue weighted by atomic mass is 10.1. The molecule has 12 aromatic heterocycles. The molecule has 0 unspecified atom stereocenters. The van der Waals surface area contributed by atoms with E-state index in [2.05, 4.69) is 136 Å². The fourth-order valence-corrected chi connectivity index (χ4v) is 14.3. The molecule has 39 nitrogen and oxygen atoms in total. The summed E-state index contributed by atoms with van der Waals surface area (Å²) < 4.78 is 34.4. The minimum atomic E-state index is -1.05. The summed E-state index contributed by atoms with van der Waals surface area (Å²) in [6.07, 6.45) is 15.1. The first-order valence-electron chi connectivity index (χ1n) is 39.1. The summed E-state index contributed by atoms with van der Waals surface area (Å²) in [7, 11) is 13.9. The third-order valence-electron chi connectivity index (χ3n) is 20.8. The first kappa shape index (κ1) is 79.9. The van der Waals surface area contributed by atoms with Gasteiger partial charge in [0.15, 0.2) is 0 Å². The van der Waals surface area contributed by atoms with Gasteiger partial charge in [-0.25, -0.2) is 55.3 Å². The van der Waals surface area contributed by atoms with E-state index in [9.17, 15) is 24.3 Å². The fourth-order valence-electron chi connectivity index (χ4n) is 14.3. The Hall–Kier alpha value is -14.9. The second-order valence-corrected chi connectivity index (χ2v) is 30.9. The molecule has 624 valence electrons. The molecule has 3 amide bonds. The topological polar surface area (TPSA) is 508 Å². The van der Waals surface area contributed by atoms with Gasteiger partial charge in [0.25, 0.3) is 0 Å². The molecule has 0 bridgehead atoms. The maximum Gasteiger partial charge on any atom is 0.412 e.